The lowest BCUT2D eigenvalue weighted by molar-refractivity contribution is 1.18. The molecule has 0 aliphatic rings. The summed E-state index contributed by atoms with van der Waals surface area (Å²) in [7, 11) is 0. The molecule has 2 aromatic heterocycles. The number of nitrogens with one attached hydrogen (secondary N) is 1. The summed E-state index contributed by atoms with van der Waals surface area (Å²) in [5.74, 6) is 0.272. The molecule has 3 aromatic rings. The van der Waals surface area contributed by atoms with Gasteiger partial charge in [0.2, 0.25) is 5.95 Å². The van der Waals surface area contributed by atoms with E-state index in [0.29, 0.717) is 0 Å². The van der Waals surface area contributed by atoms with Crippen molar-refractivity contribution in [3.05, 3.63) is 47.8 Å². The van der Waals surface area contributed by atoms with Crippen molar-refractivity contribution in [3.63, 3.8) is 0 Å². The molecule has 2 heterocycles. The number of hydrogen-bond donors (Lipinski definition) is 2. The Morgan fingerprint density at radius 2 is 2.00 bits per heavy atom. The van der Waals surface area contributed by atoms with E-state index in [-0.39, 0.29) is 5.95 Å². The van der Waals surface area contributed by atoms with Crippen molar-refractivity contribution in [2.24, 2.45) is 0 Å². The van der Waals surface area contributed by atoms with Gasteiger partial charge < -0.3 is 11.1 Å². The van der Waals surface area contributed by atoms with Crippen LogP contribution in [0.3, 0.4) is 0 Å². The maximum Gasteiger partial charge on any atom is 0.220 e. The molecule has 1 aromatic carbocycles. The van der Waals surface area contributed by atoms with Crippen LogP contribution in [0, 0.1) is 13.8 Å². The number of hydrogen-bond acceptors (Lipinski definition) is 6. The van der Waals surface area contributed by atoms with E-state index in [0.717, 1.165) is 27.1 Å². The molecule has 0 fully saturated rings. The summed E-state index contributed by atoms with van der Waals surface area (Å²) in [5.41, 5.74) is 9.60. The predicted octanol–water partition coefficient (Wildman–Crippen LogP) is 3.54. The van der Waals surface area contributed by atoms with E-state index in [4.69, 9.17) is 5.73 Å². The molecule has 0 spiro atoms. The molecule has 5 nitrogen and oxygen atoms in total. The summed E-state index contributed by atoms with van der Waals surface area (Å²) in [4.78, 5) is 13.7. The second-order valence-electron chi connectivity index (χ2n) is 4.73. The fraction of sp³-hybridized carbons (Fsp3) is 0.133. The molecule has 0 bridgehead atoms. The number of nitrogen functional groups attached to an aromatic ring is 1. The number of aryl methyl sites for hydroxylation is 2. The number of aromatic nitrogens is 3. The number of nitrogens with two attached hydrogens (primary N) is 1. The van der Waals surface area contributed by atoms with Crippen molar-refractivity contribution in [3.8, 4) is 10.6 Å². The minimum absolute atomic E-state index is 0.272. The number of anilines is 3. The molecule has 0 unspecified atom stereocenters. The first-order valence-corrected chi connectivity index (χ1v) is 7.33. The van der Waals surface area contributed by atoms with Gasteiger partial charge in [0.15, 0.2) is 5.13 Å². The van der Waals surface area contributed by atoms with Gasteiger partial charge in [0.25, 0.3) is 0 Å². The van der Waals surface area contributed by atoms with Crippen LogP contribution < -0.4 is 11.1 Å². The highest BCUT2D eigenvalue weighted by Gasteiger charge is 2.11. The fourth-order valence-corrected chi connectivity index (χ4v) is 2.99. The van der Waals surface area contributed by atoms with Crippen LogP contribution in [0.5, 0.6) is 0 Å². The lowest BCUT2D eigenvalue weighted by Crippen LogP contribution is -1.94. The van der Waals surface area contributed by atoms with E-state index in [2.05, 4.69) is 39.3 Å². The zero-order valence-corrected chi connectivity index (χ0v) is 12.6. The van der Waals surface area contributed by atoms with Gasteiger partial charge in [0.1, 0.15) is 0 Å². The monoisotopic (exact) mass is 297 g/mol. The highest BCUT2D eigenvalue weighted by Crippen LogP contribution is 2.33. The molecule has 6 heteroatoms. The van der Waals surface area contributed by atoms with Crippen molar-refractivity contribution in [2.45, 2.75) is 13.8 Å². The smallest absolute Gasteiger partial charge is 0.220 e. The third-order valence-corrected chi connectivity index (χ3v) is 4.07. The quantitative estimate of drug-likeness (QED) is 0.773. The summed E-state index contributed by atoms with van der Waals surface area (Å²) in [6.45, 7) is 4.03. The largest absolute Gasteiger partial charge is 0.368 e. The third-order valence-electron chi connectivity index (χ3n) is 2.97. The van der Waals surface area contributed by atoms with Crippen molar-refractivity contribution in [1.29, 1.82) is 0 Å². The van der Waals surface area contributed by atoms with Crippen LogP contribution in [0.25, 0.3) is 10.6 Å². The van der Waals surface area contributed by atoms with E-state index in [1.807, 2.05) is 25.1 Å². The van der Waals surface area contributed by atoms with E-state index in [9.17, 15) is 0 Å². The van der Waals surface area contributed by atoms with Gasteiger partial charge in [-0.3, -0.25) is 0 Å². The third kappa shape index (κ3) is 3.00. The standard InChI is InChI=1S/C15H15N5S/c1-9-4-3-5-11(8-9)19-15-18-10(2)13(21-15)12-6-7-17-14(16)20-12/h3-8H,1-2H3,(H,18,19)(H2,16,17,20). The molecule has 21 heavy (non-hydrogen) atoms. The van der Waals surface area contributed by atoms with Crippen LogP contribution in [0.1, 0.15) is 11.3 Å². The van der Waals surface area contributed by atoms with Crippen LogP contribution in [0.4, 0.5) is 16.8 Å². The zero-order chi connectivity index (χ0) is 14.8. The summed E-state index contributed by atoms with van der Waals surface area (Å²) in [6, 6.07) is 10.0. The average Bonchev–Trinajstić information content (AvgIpc) is 2.79. The van der Waals surface area contributed by atoms with Crippen LogP contribution in [-0.4, -0.2) is 15.0 Å². The Hall–Kier alpha value is -2.47. The first-order valence-electron chi connectivity index (χ1n) is 6.52. The molecule has 3 rings (SSSR count). The van der Waals surface area contributed by atoms with Gasteiger partial charge in [-0.2, -0.15) is 0 Å². The Labute approximate surface area is 126 Å². The number of benzene rings is 1. The van der Waals surface area contributed by atoms with Gasteiger partial charge in [0.05, 0.1) is 16.3 Å². The molecule has 0 aliphatic carbocycles. The highest BCUT2D eigenvalue weighted by atomic mass is 32.1. The fourth-order valence-electron chi connectivity index (χ4n) is 2.03. The Kier molecular flexibility index (Phi) is 3.53. The van der Waals surface area contributed by atoms with Crippen molar-refractivity contribution in [2.75, 3.05) is 11.1 Å². The van der Waals surface area contributed by atoms with Gasteiger partial charge in [0, 0.05) is 11.9 Å². The molecule has 0 saturated heterocycles. The maximum atomic E-state index is 5.64. The average molecular weight is 297 g/mol. The molecule has 0 radical (unpaired) electrons. The number of thiazole rings is 1. The Balaban J connectivity index is 1.91. The molecular weight excluding hydrogens is 282 g/mol. The molecule has 0 atom stereocenters. The lowest BCUT2D eigenvalue weighted by atomic mass is 10.2. The Morgan fingerprint density at radius 3 is 2.76 bits per heavy atom. The molecule has 0 aliphatic heterocycles. The van der Waals surface area contributed by atoms with E-state index >= 15 is 0 Å². The minimum Gasteiger partial charge on any atom is -0.368 e. The van der Waals surface area contributed by atoms with E-state index in [1.54, 1.807) is 17.5 Å². The highest BCUT2D eigenvalue weighted by molar-refractivity contribution is 7.19. The van der Waals surface area contributed by atoms with Gasteiger partial charge in [-0.25, -0.2) is 15.0 Å². The first kappa shape index (κ1) is 13.5. The molecule has 0 amide bonds. The van der Waals surface area contributed by atoms with Crippen LogP contribution in [-0.2, 0) is 0 Å². The molecular formula is C15H15N5S. The summed E-state index contributed by atoms with van der Waals surface area (Å²) < 4.78 is 0. The predicted molar refractivity (Wildman–Crippen MR) is 86.8 cm³/mol. The Morgan fingerprint density at radius 1 is 1.14 bits per heavy atom. The van der Waals surface area contributed by atoms with Crippen LogP contribution in [0.2, 0.25) is 0 Å². The number of rotatable bonds is 3. The Bertz CT molecular complexity index is 781. The van der Waals surface area contributed by atoms with Gasteiger partial charge in [-0.15, -0.1) is 0 Å². The molecule has 106 valence electrons. The number of nitrogens with zero attached hydrogens (tertiary/aromatic N) is 3. The maximum absolute atomic E-state index is 5.64. The van der Waals surface area contributed by atoms with E-state index < -0.39 is 0 Å². The van der Waals surface area contributed by atoms with Crippen molar-refractivity contribution in [1.82, 2.24) is 15.0 Å². The van der Waals surface area contributed by atoms with E-state index in [1.165, 1.54) is 5.56 Å². The second kappa shape index (κ2) is 5.49. The van der Waals surface area contributed by atoms with Crippen molar-refractivity contribution < 1.29 is 0 Å². The topological polar surface area (TPSA) is 76.7 Å². The normalized spacial score (nSPS) is 10.6. The van der Waals surface area contributed by atoms with Crippen LogP contribution >= 0.6 is 11.3 Å². The van der Waals surface area contributed by atoms with Crippen LogP contribution in [0.15, 0.2) is 36.5 Å². The minimum atomic E-state index is 0.272. The molecule has 0 saturated carbocycles. The summed E-state index contributed by atoms with van der Waals surface area (Å²) >= 11 is 1.55. The summed E-state index contributed by atoms with van der Waals surface area (Å²) in [5, 5.41) is 4.16. The van der Waals surface area contributed by atoms with Gasteiger partial charge in [-0.1, -0.05) is 23.5 Å². The summed E-state index contributed by atoms with van der Waals surface area (Å²) in [6.07, 6.45) is 1.66. The SMILES string of the molecule is Cc1cccc(Nc2nc(C)c(-c3ccnc(N)n3)s2)c1. The lowest BCUT2D eigenvalue weighted by Gasteiger charge is -2.02. The van der Waals surface area contributed by atoms with Gasteiger partial charge in [-0.05, 0) is 37.6 Å². The molecule has 3 N–H and O–H groups in total. The second-order valence-corrected chi connectivity index (χ2v) is 5.73. The van der Waals surface area contributed by atoms with Gasteiger partial charge >= 0.3 is 0 Å². The van der Waals surface area contributed by atoms with Crippen molar-refractivity contribution >= 4 is 28.1 Å². The zero-order valence-electron chi connectivity index (χ0n) is 11.8. The first-order chi connectivity index (χ1) is 10.1.